The number of amides is 1. The van der Waals surface area contributed by atoms with Crippen LogP contribution in [-0.4, -0.2) is 31.4 Å². The molecule has 1 aliphatic rings. The number of ether oxygens (including phenoxy) is 1. The predicted molar refractivity (Wildman–Crippen MR) is 108 cm³/mol. The molecule has 0 bridgehead atoms. The van der Waals surface area contributed by atoms with Gasteiger partial charge in [0.2, 0.25) is 0 Å². The number of carbonyl (C=O) groups excluding carboxylic acids is 2. The third-order valence-electron chi connectivity index (χ3n) is 4.80. The summed E-state index contributed by atoms with van der Waals surface area (Å²) in [5.74, 6) is -0.204. The number of hydrogen-bond acceptors (Lipinski definition) is 4. The summed E-state index contributed by atoms with van der Waals surface area (Å²) in [6.45, 7) is 3.40. The van der Waals surface area contributed by atoms with Gasteiger partial charge >= 0.3 is 0 Å². The van der Waals surface area contributed by atoms with Crippen molar-refractivity contribution in [1.82, 2.24) is 0 Å². The Bertz CT molecular complexity index is 830. The summed E-state index contributed by atoms with van der Waals surface area (Å²) in [7, 11) is 0. The number of anilines is 2. The smallest absolute Gasteiger partial charge is 0.262 e. The van der Waals surface area contributed by atoms with E-state index in [0.717, 1.165) is 31.6 Å². The molecule has 1 aliphatic heterocycles. The van der Waals surface area contributed by atoms with Crippen molar-refractivity contribution in [1.29, 1.82) is 0 Å². The lowest BCUT2D eigenvalue weighted by atomic mass is 10.1. The molecule has 0 saturated carbocycles. The van der Waals surface area contributed by atoms with Crippen molar-refractivity contribution in [3.8, 4) is 5.75 Å². The van der Waals surface area contributed by atoms with Gasteiger partial charge in [-0.25, -0.2) is 4.39 Å². The molecule has 6 heteroatoms. The third kappa shape index (κ3) is 5.09. The minimum atomic E-state index is -0.395. The molecule has 1 N–H and O–H groups in total. The highest BCUT2D eigenvalue weighted by Crippen LogP contribution is 2.29. The summed E-state index contributed by atoms with van der Waals surface area (Å²) in [5.41, 5.74) is 1.90. The number of hydrogen-bond donors (Lipinski definition) is 1. The SMILES string of the molecule is CCC(=O)c1ccc(OCC(=O)Nc2cc(F)ccc2N2CCCCC2)cc1. The number of nitrogens with one attached hydrogen (secondary N) is 1. The van der Waals surface area contributed by atoms with Crippen molar-refractivity contribution in [3.63, 3.8) is 0 Å². The van der Waals surface area contributed by atoms with Gasteiger partial charge in [0.25, 0.3) is 5.91 Å². The van der Waals surface area contributed by atoms with Crippen LogP contribution in [0.15, 0.2) is 42.5 Å². The van der Waals surface area contributed by atoms with E-state index in [-0.39, 0.29) is 18.3 Å². The first-order valence-electron chi connectivity index (χ1n) is 9.67. The number of piperidine rings is 1. The van der Waals surface area contributed by atoms with Gasteiger partial charge < -0.3 is 15.0 Å². The fourth-order valence-electron chi connectivity index (χ4n) is 3.30. The lowest BCUT2D eigenvalue weighted by Crippen LogP contribution is -2.31. The van der Waals surface area contributed by atoms with Crippen molar-refractivity contribution in [2.45, 2.75) is 32.6 Å². The van der Waals surface area contributed by atoms with E-state index in [2.05, 4.69) is 10.2 Å². The van der Waals surface area contributed by atoms with Gasteiger partial charge in [0.05, 0.1) is 11.4 Å². The topological polar surface area (TPSA) is 58.6 Å². The second-order valence-electron chi connectivity index (χ2n) is 6.85. The van der Waals surface area contributed by atoms with Crippen molar-refractivity contribution < 1.29 is 18.7 Å². The summed E-state index contributed by atoms with van der Waals surface area (Å²) >= 11 is 0. The van der Waals surface area contributed by atoms with Crippen molar-refractivity contribution in [3.05, 3.63) is 53.8 Å². The number of Topliss-reactive ketones (excluding diaryl/α,β-unsaturated/α-hetero) is 1. The standard InChI is InChI=1S/C22H25FN2O3/c1-2-21(26)16-6-9-18(10-7-16)28-15-22(27)24-19-14-17(23)8-11-20(19)25-12-4-3-5-13-25/h6-11,14H,2-5,12-13,15H2,1H3,(H,24,27). The van der Waals surface area contributed by atoms with Crippen LogP contribution in [0, 0.1) is 5.82 Å². The molecule has 0 unspecified atom stereocenters. The van der Waals surface area contributed by atoms with Gasteiger partial charge in [0, 0.05) is 25.1 Å². The summed E-state index contributed by atoms with van der Waals surface area (Å²) in [6, 6.07) is 11.2. The molecule has 1 fully saturated rings. The van der Waals surface area contributed by atoms with Crippen LogP contribution in [0.5, 0.6) is 5.75 Å². The Hall–Kier alpha value is -2.89. The highest BCUT2D eigenvalue weighted by Gasteiger charge is 2.17. The van der Waals surface area contributed by atoms with E-state index < -0.39 is 5.82 Å². The molecule has 2 aromatic carbocycles. The third-order valence-corrected chi connectivity index (χ3v) is 4.80. The van der Waals surface area contributed by atoms with E-state index in [9.17, 15) is 14.0 Å². The first kappa shape index (κ1) is 19.9. The summed E-state index contributed by atoms with van der Waals surface area (Å²) in [4.78, 5) is 26.1. The van der Waals surface area contributed by atoms with E-state index in [4.69, 9.17) is 4.74 Å². The Morgan fingerprint density at radius 1 is 1.07 bits per heavy atom. The monoisotopic (exact) mass is 384 g/mol. The molecule has 0 spiro atoms. The van der Waals surface area contributed by atoms with Gasteiger partial charge in [-0.1, -0.05) is 6.92 Å². The van der Waals surface area contributed by atoms with Crippen LogP contribution >= 0.6 is 0 Å². The van der Waals surface area contributed by atoms with E-state index in [0.29, 0.717) is 23.4 Å². The molecule has 0 radical (unpaired) electrons. The molecule has 2 aromatic rings. The molecule has 0 aromatic heterocycles. The zero-order chi connectivity index (χ0) is 19.9. The van der Waals surface area contributed by atoms with Crippen LogP contribution in [0.4, 0.5) is 15.8 Å². The Morgan fingerprint density at radius 2 is 1.79 bits per heavy atom. The van der Waals surface area contributed by atoms with Gasteiger partial charge in [0.15, 0.2) is 12.4 Å². The molecule has 0 aliphatic carbocycles. The molecular weight excluding hydrogens is 359 g/mol. The molecule has 148 valence electrons. The highest BCUT2D eigenvalue weighted by atomic mass is 19.1. The average molecular weight is 384 g/mol. The summed E-state index contributed by atoms with van der Waals surface area (Å²) < 4.78 is 19.2. The van der Waals surface area contributed by atoms with Gasteiger partial charge in [-0.05, 0) is 61.7 Å². The molecule has 1 saturated heterocycles. The fraction of sp³-hybridized carbons (Fsp3) is 0.364. The number of rotatable bonds is 7. The second kappa shape index (κ2) is 9.35. The number of benzene rings is 2. The number of carbonyl (C=O) groups is 2. The first-order chi connectivity index (χ1) is 13.6. The molecule has 28 heavy (non-hydrogen) atoms. The van der Waals surface area contributed by atoms with E-state index >= 15 is 0 Å². The van der Waals surface area contributed by atoms with Gasteiger partial charge in [-0.15, -0.1) is 0 Å². The van der Waals surface area contributed by atoms with Crippen molar-refractivity contribution >= 4 is 23.1 Å². The number of ketones is 1. The lowest BCUT2D eigenvalue weighted by Gasteiger charge is -2.30. The van der Waals surface area contributed by atoms with Gasteiger partial charge in [0.1, 0.15) is 11.6 Å². The first-order valence-corrected chi connectivity index (χ1v) is 9.67. The summed E-state index contributed by atoms with van der Waals surface area (Å²) in [6.07, 6.45) is 3.81. The van der Waals surface area contributed by atoms with Crippen LogP contribution < -0.4 is 15.0 Å². The molecule has 5 nitrogen and oxygen atoms in total. The van der Waals surface area contributed by atoms with Crippen LogP contribution in [0.1, 0.15) is 43.0 Å². The van der Waals surface area contributed by atoms with E-state index in [1.54, 1.807) is 30.3 Å². The minimum absolute atomic E-state index is 0.0561. The fourth-order valence-corrected chi connectivity index (χ4v) is 3.30. The Labute approximate surface area is 164 Å². The quantitative estimate of drug-likeness (QED) is 0.718. The van der Waals surface area contributed by atoms with Crippen LogP contribution in [0.25, 0.3) is 0 Å². The Balaban J connectivity index is 1.61. The van der Waals surface area contributed by atoms with Gasteiger partial charge in [-0.3, -0.25) is 9.59 Å². The second-order valence-corrected chi connectivity index (χ2v) is 6.85. The number of halogens is 1. The zero-order valence-corrected chi connectivity index (χ0v) is 16.0. The predicted octanol–water partition coefficient (Wildman–Crippen LogP) is 4.43. The molecular formula is C22H25FN2O3. The molecule has 1 amide bonds. The maximum absolute atomic E-state index is 13.7. The van der Waals surface area contributed by atoms with Gasteiger partial charge in [-0.2, -0.15) is 0 Å². The van der Waals surface area contributed by atoms with Crippen molar-refractivity contribution in [2.75, 3.05) is 29.9 Å². The average Bonchev–Trinajstić information content (AvgIpc) is 2.73. The molecule has 0 atom stereocenters. The maximum atomic E-state index is 13.7. The number of nitrogens with zero attached hydrogens (tertiary/aromatic N) is 1. The van der Waals surface area contributed by atoms with Crippen molar-refractivity contribution in [2.24, 2.45) is 0 Å². The minimum Gasteiger partial charge on any atom is -0.484 e. The molecule has 1 heterocycles. The van der Waals surface area contributed by atoms with Crippen LogP contribution in [0.3, 0.4) is 0 Å². The lowest BCUT2D eigenvalue weighted by molar-refractivity contribution is -0.118. The normalized spacial score (nSPS) is 13.9. The Kier molecular flexibility index (Phi) is 6.63. The summed E-state index contributed by atoms with van der Waals surface area (Å²) in [5, 5.41) is 2.76. The molecule has 3 rings (SSSR count). The highest BCUT2D eigenvalue weighted by molar-refractivity contribution is 5.96. The van der Waals surface area contributed by atoms with Crippen LogP contribution in [0.2, 0.25) is 0 Å². The maximum Gasteiger partial charge on any atom is 0.262 e. The largest absolute Gasteiger partial charge is 0.484 e. The zero-order valence-electron chi connectivity index (χ0n) is 16.0. The van der Waals surface area contributed by atoms with Crippen LogP contribution in [-0.2, 0) is 4.79 Å². The van der Waals surface area contributed by atoms with E-state index in [1.165, 1.54) is 18.6 Å². The Morgan fingerprint density at radius 3 is 2.46 bits per heavy atom. The van der Waals surface area contributed by atoms with E-state index in [1.807, 2.05) is 6.92 Å².